The van der Waals surface area contributed by atoms with Crippen LogP contribution in [-0.2, 0) is 6.61 Å². The Bertz CT molecular complexity index is 953. The van der Waals surface area contributed by atoms with Crippen molar-refractivity contribution < 1.29 is 13.9 Å². The molecule has 0 aliphatic carbocycles. The molecule has 27 heavy (non-hydrogen) atoms. The molecule has 0 aliphatic heterocycles. The van der Waals surface area contributed by atoms with Gasteiger partial charge in [-0.2, -0.15) is 5.26 Å². The van der Waals surface area contributed by atoms with E-state index >= 15 is 0 Å². The van der Waals surface area contributed by atoms with Gasteiger partial charge in [0.15, 0.2) is 0 Å². The van der Waals surface area contributed by atoms with Crippen LogP contribution >= 0.6 is 0 Å². The van der Waals surface area contributed by atoms with E-state index in [2.05, 4.69) is 6.07 Å². The molecule has 0 N–H and O–H groups in total. The Morgan fingerprint density at radius 1 is 0.926 bits per heavy atom. The molecule has 0 unspecified atom stereocenters. The van der Waals surface area contributed by atoms with Crippen LogP contribution in [0.1, 0.15) is 16.7 Å². The second-order valence-corrected chi connectivity index (χ2v) is 5.88. The van der Waals surface area contributed by atoms with E-state index in [1.165, 1.54) is 12.1 Å². The smallest absolute Gasteiger partial charge is 0.123 e. The summed E-state index contributed by atoms with van der Waals surface area (Å²) in [7, 11) is 1.61. The van der Waals surface area contributed by atoms with Crippen molar-refractivity contribution in [2.24, 2.45) is 0 Å². The van der Waals surface area contributed by atoms with Crippen LogP contribution in [0.4, 0.5) is 4.39 Å². The van der Waals surface area contributed by atoms with Gasteiger partial charge in [0.05, 0.1) is 18.8 Å². The summed E-state index contributed by atoms with van der Waals surface area (Å²) in [6.07, 6.45) is 1.82. The molecule has 0 amide bonds. The highest BCUT2D eigenvalue weighted by atomic mass is 19.1. The van der Waals surface area contributed by atoms with Gasteiger partial charge in [-0.3, -0.25) is 0 Å². The Morgan fingerprint density at radius 3 is 2.15 bits per heavy atom. The highest BCUT2D eigenvalue weighted by Gasteiger charge is 2.03. The van der Waals surface area contributed by atoms with Crippen LogP contribution in [0.25, 0.3) is 11.6 Å². The van der Waals surface area contributed by atoms with Gasteiger partial charge in [-0.1, -0.05) is 24.3 Å². The molecule has 0 saturated heterocycles. The molecule has 3 aromatic rings. The minimum Gasteiger partial charge on any atom is -0.497 e. The van der Waals surface area contributed by atoms with Crippen molar-refractivity contribution in [3.8, 4) is 17.6 Å². The number of hydrogen-bond acceptors (Lipinski definition) is 3. The number of nitrogens with zero attached hydrogens (tertiary/aromatic N) is 1. The molecular weight excluding hydrogens is 341 g/mol. The zero-order valence-corrected chi connectivity index (χ0v) is 14.9. The summed E-state index contributed by atoms with van der Waals surface area (Å²) in [5.74, 6) is 1.19. The molecule has 0 atom stereocenters. The molecule has 0 bridgehead atoms. The number of benzene rings is 3. The third-order valence-corrected chi connectivity index (χ3v) is 4.03. The number of halogens is 1. The quantitative estimate of drug-likeness (QED) is 0.432. The van der Waals surface area contributed by atoms with Crippen LogP contribution in [0.5, 0.6) is 11.5 Å². The number of rotatable bonds is 6. The van der Waals surface area contributed by atoms with Gasteiger partial charge in [0.2, 0.25) is 0 Å². The van der Waals surface area contributed by atoms with Crippen LogP contribution in [0.3, 0.4) is 0 Å². The maximum Gasteiger partial charge on any atom is 0.123 e. The van der Waals surface area contributed by atoms with Crippen molar-refractivity contribution in [1.82, 2.24) is 0 Å². The standard InChI is InChI=1S/C23H18FNO2/c1-26-22-12-6-19(7-13-22)20(15-25)14-17-4-10-23(11-5-17)27-16-18-2-8-21(24)9-3-18/h2-14H,16H2,1H3/b20-14+. The van der Waals surface area contributed by atoms with Crippen molar-refractivity contribution in [3.63, 3.8) is 0 Å². The van der Waals surface area contributed by atoms with Crippen molar-refractivity contribution in [1.29, 1.82) is 5.26 Å². The normalized spacial score (nSPS) is 10.9. The predicted octanol–water partition coefficient (Wildman–Crippen LogP) is 5.48. The third kappa shape index (κ3) is 4.96. The number of allylic oxidation sites excluding steroid dienone is 1. The van der Waals surface area contributed by atoms with E-state index in [-0.39, 0.29) is 5.82 Å². The van der Waals surface area contributed by atoms with E-state index in [0.29, 0.717) is 17.9 Å². The summed E-state index contributed by atoms with van der Waals surface area (Å²) < 4.78 is 23.8. The van der Waals surface area contributed by atoms with Crippen LogP contribution in [0.15, 0.2) is 72.8 Å². The monoisotopic (exact) mass is 359 g/mol. The first-order valence-electron chi connectivity index (χ1n) is 8.41. The van der Waals surface area contributed by atoms with Gasteiger partial charge in [0.25, 0.3) is 0 Å². The van der Waals surface area contributed by atoms with Gasteiger partial charge < -0.3 is 9.47 Å². The SMILES string of the molecule is COc1ccc(/C(C#N)=C/c2ccc(OCc3ccc(F)cc3)cc2)cc1. The first-order valence-corrected chi connectivity index (χ1v) is 8.41. The average molecular weight is 359 g/mol. The molecule has 0 fully saturated rings. The molecule has 134 valence electrons. The van der Waals surface area contributed by atoms with Crippen molar-refractivity contribution in [2.75, 3.05) is 7.11 Å². The Kier molecular flexibility index (Phi) is 5.86. The van der Waals surface area contributed by atoms with Gasteiger partial charge in [-0.25, -0.2) is 4.39 Å². The van der Waals surface area contributed by atoms with Crippen molar-refractivity contribution in [2.45, 2.75) is 6.61 Å². The molecule has 0 heterocycles. The van der Waals surface area contributed by atoms with E-state index in [1.807, 2.05) is 54.6 Å². The van der Waals surface area contributed by atoms with Gasteiger partial charge in [0, 0.05) is 0 Å². The van der Waals surface area contributed by atoms with Gasteiger partial charge in [0.1, 0.15) is 23.9 Å². The van der Waals surface area contributed by atoms with E-state index in [0.717, 1.165) is 22.4 Å². The van der Waals surface area contributed by atoms with Gasteiger partial charge in [-0.15, -0.1) is 0 Å². The van der Waals surface area contributed by atoms with Crippen LogP contribution in [-0.4, -0.2) is 7.11 Å². The molecule has 0 saturated carbocycles. The summed E-state index contributed by atoms with van der Waals surface area (Å²) in [6.45, 7) is 0.366. The molecule has 0 aromatic heterocycles. The largest absolute Gasteiger partial charge is 0.497 e. The lowest BCUT2D eigenvalue weighted by Crippen LogP contribution is -1.95. The molecule has 0 radical (unpaired) electrons. The fraction of sp³-hybridized carbons (Fsp3) is 0.0870. The van der Waals surface area contributed by atoms with E-state index in [9.17, 15) is 9.65 Å². The minimum atomic E-state index is -0.264. The van der Waals surface area contributed by atoms with E-state index in [4.69, 9.17) is 9.47 Å². The maximum atomic E-state index is 12.9. The first kappa shape index (κ1) is 18.2. The Morgan fingerprint density at radius 2 is 1.56 bits per heavy atom. The summed E-state index contributed by atoms with van der Waals surface area (Å²) in [6, 6.07) is 23.3. The lowest BCUT2D eigenvalue weighted by atomic mass is 10.0. The molecule has 4 heteroatoms. The molecule has 0 aliphatic rings. The zero-order chi connectivity index (χ0) is 19.1. The highest BCUT2D eigenvalue weighted by molar-refractivity contribution is 5.89. The molecule has 3 rings (SSSR count). The van der Waals surface area contributed by atoms with Crippen molar-refractivity contribution >= 4 is 11.6 Å². The minimum absolute atomic E-state index is 0.264. The summed E-state index contributed by atoms with van der Waals surface area (Å²) in [4.78, 5) is 0. The number of ether oxygens (including phenoxy) is 2. The Hall–Kier alpha value is -3.58. The topological polar surface area (TPSA) is 42.2 Å². The fourth-order valence-corrected chi connectivity index (χ4v) is 2.52. The van der Waals surface area contributed by atoms with Gasteiger partial charge >= 0.3 is 0 Å². The molecule has 3 aromatic carbocycles. The fourth-order valence-electron chi connectivity index (χ4n) is 2.52. The number of nitriles is 1. The number of hydrogen-bond donors (Lipinski definition) is 0. The van der Waals surface area contributed by atoms with E-state index in [1.54, 1.807) is 19.2 Å². The molecule has 3 nitrogen and oxygen atoms in total. The lowest BCUT2D eigenvalue weighted by Gasteiger charge is -2.07. The second-order valence-electron chi connectivity index (χ2n) is 5.88. The van der Waals surface area contributed by atoms with Crippen LogP contribution < -0.4 is 9.47 Å². The van der Waals surface area contributed by atoms with Crippen LogP contribution in [0, 0.1) is 17.1 Å². The summed E-state index contributed by atoms with van der Waals surface area (Å²) in [5, 5.41) is 9.45. The summed E-state index contributed by atoms with van der Waals surface area (Å²) >= 11 is 0. The predicted molar refractivity (Wildman–Crippen MR) is 104 cm³/mol. The first-order chi connectivity index (χ1) is 13.2. The lowest BCUT2D eigenvalue weighted by molar-refractivity contribution is 0.306. The zero-order valence-electron chi connectivity index (χ0n) is 14.9. The molecule has 0 spiro atoms. The van der Waals surface area contributed by atoms with Crippen molar-refractivity contribution in [3.05, 3.63) is 95.3 Å². The maximum absolute atomic E-state index is 12.9. The number of methoxy groups -OCH3 is 1. The Labute approximate surface area is 157 Å². The summed E-state index contributed by atoms with van der Waals surface area (Å²) in [5.41, 5.74) is 3.19. The average Bonchev–Trinajstić information content (AvgIpc) is 2.72. The third-order valence-electron chi connectivity index (χ3n) is 4.03. The van der Waals surface area contributed by atoms with E-state index < -0.39 is 0 Å². The Balaban J connectivity index is 1.68. The van der Waals surface area contributed by atoms with Crippen LogP contribution in [0.2, 0.25) is 0 Å². The highest BCUT2D eigenvalue weighted by Crippen LogP contribution is 2.22. The molecular formula is C23H18FNO2. The van der Waals surface area contributed by atoms with Gasteiger partial charge in [-0.05, 0) is 71.3 Å². The second kappa shape index (κ2) is 8.68.